The Morgan fingerprint density at radius 1 is 1.00 bits per heavy atom. The van der Waals surface area contributed by atoms with Crippen LogP contribution in [0.25, 0.3) is 0 Å². The minimum Gasteiger partial charge on any atom is -0.454 e. The highest BCUT2D eigenvalue weighted by Crippen LogP contribution is 2.33. The van der Waals surface area contributed by atoms with Gasteiger partial charge in [0.2, 0.25) is 12.7 Å². The van der Waals surface area contributed by atoms with Crippen LogP contribution in [0.3, 0.4) is 0 Å². The molecular formula is C27H27N3O4. The summed E-state index contributed by atoms with van der Waals surface area (Å²) in [4.78, 5) is 32.6. The van der Waals surface area contributed by atoms with Gasteiger partial charge in [0.25, 0.3) is 5.91 Å². The molecule has 0 radical (unpaired) electrons. The van der Waals surface area contributed by atoms with Gasteiger partial charge in [-0.05, 0) is 55.2 Å². The third kappa shape index (κ3) is 4.46. The summed E-state index contributed by atoms with van der Waals surface area (Å²) in [5.74, 6) is 1.04. The summed E-state index contributed by atoms with van der Waals surface area (Å²) in [5.41, 5.74) is 3.44. The monoisotopic (exact) mass is 457 g/mol. The van der Waals surface area contributed by atoms with E-state index in [4.69, 9.17) is 9.47 Å². The van der Waals surface area contributed by atoms with Crippen LogP contribution < -0.4 is 14.8 Å². The van der Waals surface area contributed by atoms with E-state index in [-0.39, 0.29) is 30.6 Å². The predicted molar refractivity (Wildman–Crippen MR) is 127 cm³/mol. The first-order valence-electron chi connectivity index (χ1n) is 11.6. The topological polar surface area (TPSA) is 80.8 Å². The van der Waals surface area contributed by atoms with Crippen molar-refractivity contribution in [2.75, 3.05) is 19.9 Å². The number of fused-ring (bicyclic) bond motifs is 1. The quantitative estimate of drug-likeness (QED) is 0.629. The molecule has 3 heterocycles. The van der Waals surface area contributed by atoms with E-state index >= 15 is 0 Å². The molecular weight excluding hydrogens is 430 g/mol. The molecule has 7 nitrogen and oxygen atoms in total. The van der Waals surface area contributed by atoms with Crippen molar-refractivity contribution >= 4 is 11.8 Å². The summed E-state index contributed by atoms with van der Waals surface area (Å²) in [6.07, 6.45) is 2.99. The van der Waals surface area contributed by atoms with Crippen molar-refractivity contribution < 1.29 is 19.1 Å². The van der Waals surface area contributed by atoms with Crippen molar-refractivity contribution in [1.82, 2.24) is 15.2 Å². The molecule has 7 heteroatoms. The highest BCUT2D eigenvalue weighted by molar-refractivity contribution is 5.95. The second-order valence-electron chi connectivity index (χ2n) is 8.69. The molecule has 2 aliphatic rings. The summed E-state index contributed by atoms with van der Waals surface area (Å²) in [6, 6.07) is 18.7. The molecule has 0 aliphatic carbocycles. The number of likely N-dealkylation sites (tertiary alicyclic amines) is 1. The molecule has 1 N–H and O–H groups in total. The summed E-state index contributed by atoms with van der Waals surface area (Å²) < 4.78 is 10.7. The summed E-state index contributed by atoms with van der Waals surface area (Å²) in [6.45, 7) is 3.24. The van der Waals surface area contributed by atoms with Gasteiger partial charge in [-0.2, -0.15) is 0 Å². The Hall–Kier alpha value is -3.87. The molecule has 2 aliphatic heterocycles. The van der Waals surface area contributed by atoms with Crippen molar-refractivity contribution in [2.24, 2.45) is 5.92 Å². The normalized spacial score (nSPS) is 16.2. The lowest BCUT2D eigenvalue weighted by Gasteiger charge is -2.32. The van der Waals surface area contributed by atoms with Crippen LogP contribution in [-0.4, -0.2) is 41.6 Å². The number of aromatic nitrogens is 1. The number of piperidine rings is 1. The molecule has 2 aromatic carbocycles. The maximum Gasteiger partial charge on any atom is 0.253 e. The Morgan fingerprint density at radius 2 is 1.76 bits per heavy atom. The highest BCUT2D eigenvalue weighted by atomic mass is 16.7. The van der Waals surface area contributed by atoms with Crippen LogP contribution in [0.5, 0.6) is 11.5 Å². The van der Waals surface area contributed by atoms with Gasteiger partial charge in [-0.3, -0.25) is 14.6 Å². The number of nitrogens with zero attached hydrogens (tertiary/aromatic N) is 2. The van der Waals surface area contributed by atoms with E-state index in [1.807, 2.05) is 49.4 Å². The van der Waals surface area contributed by atoms with Gasteiger partial charge in [-0.25, -0.2) is 0 Å². The van der Waals surface area contributed by atoms with Crippen LogP contribution in [0, 0.1) is 12.8 Å². The summed E-state index contributed by atoms with van der Waals surface area (Å²) >= 11 is 0. The molecule has 1 unspecified atom stereocenters. The Balaban J connectivity index is 1.25. The molecule has 1 aromatic heterocycles. The van der Waals surface area contributed by atoms with E-state index in [9.17, 15) is 9.59 Å². The van der Waals surface area contributed by atoms with Gasteiger partial charge < -0.3 is 19.7 Å². The maximum atomic E-state index is 13.3. The fourth-order valence-corrected chi connectivity index (χ4v) is 4.57. The third-order valence-electron chi connectivity index (χ3n) is 6.52. The number of amides is 2. The number of pyridine rings is 1. The number of hydrogen-bond acceptors (Lipinski definition) is 5. The molecule has 0 saturated carbocycles. The number of carbonyl (C=O) groups excluding carboxylic acids is 2. The van der Waals surface area contributed by atoms with Crippen LogP contribution in [0.15, 0.2) is 66.9 Å². The van der Waals surface area contributed by atoms with E-state index in [2.05, 4.69) is 10.3 Å². The van der Waals surface area contributed by atoms with Crippen molar-refractivity contribution in [2.45, 2.75) is 25.8 Å². The minimum absolute atomic E-state index is 0.00548. The Labute approximate surface area is 198 Å². The largest absolute Gasteiger partial charge is 0.454 e. The van der Waals surface area contributed by atoms with Crippen LogP contribution in [0.1, 0.15) is 46.1 Å². The van der Waals surface area contributed by atoms with Crippen molar-refractivity contribution in [1.29, 1.82) is 0 Å². The average molecular weight is 458 g/mol. The SMILES string of the molecule is Cc1cccnc1C(NC(=O)C1CCN(C(=O)c2ccc3c(c2)OCO3)CC1)c1ccccc1. The predicted octanol–water partition coefficient (Wildman–Crippen LogP) is 3.88. The van der Waals surface area contributed by atoms with E-state index in [1.165, 1.54) is 0 Å². The first-order chi connectivity index (χ1) is 16.6. The highest BCUT2D eigenvalue weighted by Gasteiger charge is 2.30. The van der Waals surface area contributed by atoms with Gasteiger partial charge in [0.1, 0.15) is 0 Å². The molecule has 1 atom stereocenters. The van der Waals surface area contributed by atoms with E-state index in [0.717, 1.165) is 16.8 Å². The minimum atomic E-state index is -0.316. The lowest BCUT2D eigenvalue weighted by molar-refractivity contribution is -0.126. The fourth-order valence-electron chi connectivity index (χ4n) is 4.57. The zero-order chi connectivity index (χ0) is 23.5. The smallest absolute Gasteiger partial charge is 0.253 e. The number of hydrogen-bond donors (Lipinski definition) is 1. The average Bonchev–Trinajstić information content (AvgIpc) is 3.36. The Bertz CT molecular complexity index is 1190. The van der Waals surface area contributed by atoms with Gasteiger partial charge in [-0.1, -0.05) is 36.4 Å². The van der Waals surface area contributed by atoms with Gasteiger partial charge in [0.05, 0.1) is 11.7 Å². The number of carbonyl (C=O) groups is 2. The van der Waals surface area contributed by atoms with Gasteiger partial charge in [0, 0.05) is 30.8 Å². The summed E-state index contributed by atoms with van der Waals surface area (Å²) in [7, 11) is 0. The summed E-state index contributed by atoms with van der Waals surface area (Å²) in [5, 5.41) is 3.23. The van der Waals surface area contributed by atoms with Crippen LogP contribution in [-0.2, 0) is 4.79 Å². The number of aryl methyl sites for hydroxylation is 1. The lowest BCUT2D eigenvalue weighted by Crippen LogP contribution is -2.44. The standard InChI is InChI=1S/C27H27N3O4/c1-18-6-5-13-28-24(18)25(19-7-3-2-4-8-19)29-26(31)20-11-14-30(15-12-20)27(32)21-9-10-22-23(16-21)34-17-33-22/h2-10,13,16,20,25H,11-12,14-15,17H2,1H3,(H,29,31). The van der Waals surface area contributed by atoms with Crippen LogP contribution in [0.4, 0.5) is 0 Å². The molecule has 0 spiro atoms. The number of nitrogens with one attached hydrogen (secondary N) is 1. The molecule has 1 saturated heterocycles. The Morgan fingerprint density at radius 3 is 2.53 bits per heavy atom. The first-order valence-corrected chi connectivity index (χ1v) is 11.6. The van der Waals surface area contributed by atoms with Crippen LogP contribution >= 0.6 is 0 Å². The van der Waals surface area contributed by atoms with E-state index < -0.39 is 0 Å². The van der Waals surface area contributed by atoms with Gasteiger partial charge in [0.15, 0.2) is 11.5 Å². The van der Waals surface area contributed by atoms with Gasteiger partial charge >= 0.3 is 0 Å². The van der Waals surface area contributed by atoms with Gasteiger partial charge in [-0.15, -0.1) is 0 Å². The number of ether oxygens (including phenoxy) is 2. The molecule has 2 amide bonds. The second kappa shape index (κ2) is 9.55. The molecule has 1 fully saturated rings. The molecule has 174 valence electrons. The van der Waals surface area contributed by atoms with Crippen LogP contribution in [0.2, 0.25) is 0 Å². The third-order valence-corrected chi connectivity index (χ3v) is 6.52. The second-order valence-corrected chi connectivity index (χ2v) is 8.69. The lowest BCUT2D eigenvalue weighted by atomic mass is 9.93. The number of benzene rings is 2. The molecule has 0 bridgehead atoms. The van der Waals surface area contributed by atoms with Crippen molar-refractivity contribution in [3.8, 4) is 11.5 Å². The van der Waals surface area contributed by atoms with Crippen molar-refractivity contribution in [3.05, 3.63) is 89.2 Å². The Kier molecular flexibility index (Phi) is 6.16. The van der Waals surface area contributed by atoms with E-state index in [0.29, 0.717) is 43.0 Å². The molecule has 34 heavy (non-hydrogen) atoms. The first kappa shape index (κ1) is 21.9. The van der Waals surface area contributed by atoms with E-state index in [1.54, 1.807) is 29.3 Å². The van der Waals surface area contributed by atoms with Crippen molar-refractivity contribution in [3.63, 3.8) is 0 Å². The maximum absolute atomic E-state index is 13.3. The number of rotatable bonds is 5. The zero-order valence-electron chi connectivity index (χ0n) is 19.1. The zero-order valence-corrected chi connectivity index (χ0v) is 19.1. The fraction of sp³-hybridized carbons (Fsp3) is 0.296. The molecule has 3 aromatic rings. The molecule has 5 rings (SSSR count).